The normalized spacial score (nSPS) is 10.2. The zero-order chi connectivity index (χ0) is 13.5. The number of nitrogens with one attached hydrogen (secondary N) is 1. The number of anilines is 1. The molecule has 0 aliphatic heterocycles. The second-order valence-corrected chi connectivity index (χ2v) is 4.73. The summed E-state index contributed by atoms with van der Waals surface area (Å²) in [6, 6.07) is 9.35. The molecule has 0 saturated carbocycles. The number of nitrogens with zero attached hydrogens (tertiary/aromatic N) is 2. The fourth-order valence-corrected chi connectivity index (χ4v) is 1.98. The molecule has 0 aliphatic carbocycles. The van der Waals surface area contributed by atoms with Crippen molar-refractivity contribution in [2.75, 3.05) is 11.9 Å². The number of benzene rings is 1. The van der Waals surface area contributed by atoms with Crippen molar-refractivity contribution in [3.63, 3.8) is 0 Å². The van der Waals surface area contributed by atoms with Gasteiger partial charge in [0.05, 0.1) is 13.0 Å². The molecule has 1 aromatic heterocycles. The summed E-state index contributed by atoms with van der Waals surface area (Å²) in [5.74, 6) is 0.590. The van der Waals surface area contributed by atoms with E-state index >= 15 is 0 Å². The Hall–Kier alpha value is -1.99. The second-order valence-electron chi connectivity index (χ2n) is 3.66. The van der Waals surface area contributed by atoms with Crippen LogP contribution in [0.3, 0.4) is 0 Å². The lowest BCUT2D eigenvalue weighted by Crippen LogP contribution is -2.15. The Labute approximate surface area is 114 Å². The average molecular weight is 278 g/mol. The largest absolute Gasteiger partial charge is 0.493 e. The van der Waals surface area contributed by atoms with Gasteiger partial charge in [0, 0.05) is 6.54 Å². The summed E-state index contributed by atoms with van der Waals surface area (Å²) in [4.78, 5) is 11.6. The Bertz CT molecular complexity index is 530. The molecule has 0 atom stereocenters. The first kappa shape index (κ1) is 13.4. The van der Waals surface area contributed by atoms with Crippen molar-refractivity contribution >= 4 is 22.4 Å². The summed E-state index contributed by atoms with van der Waals surface area (Å²) in [5.41, 5.74) is 5.41. The maximum atomic E-state index is 11.6. The number of carbonyl (C=O) groups excluding carboxylic acids is 1. The monoisotopic (exact) mass is 278 g/mol. The number of hydrogen-bond acceptors (Lipinski definition) is 6. The predicted octanol–water partition coefficient (Wildman–Crippen LogP) is 1.40. The lowest BCUT2D eigenvalue weighted by Gasteiger charge is -2.05. The molecule has 0 bridgehead atoms. The topological polar surface area (TPSA) is 90.1 Å². The molecule has 19 heavy (non-hydrogen) atoms. The van der Waals surface area contributed by atoms with E-state index < -0.39 is 0 Å². The molecule has 6 nitrogen and oxygen atoms in total. The zero-order valence-corrected chi connectivity index (χ0v) is 11.0. The quantitative estimate of drug-likeness (QED) is 0.833. The van der Waals surface area contributed by atoms with E-state index in [1.165, 1.54) is 11.3 Å². The second kappa shape index (κ2) is 6.81. The van der Waals surface area contributed by atoms with Crippen LogP contribution in [0.25, 0.3) is 0 Å². The van der Waals surface area contributed by atoms with E-state index in [1.54, 1.807) is 0 Å². The molecule has 7 heteroatoms. The first-order chi connectivity index (χ1) is 9.28. The molecule has 2 rings (SSSR count). The summed E-state index contributed by atoms with van der Waals surface area (Å²) < 4.78 is 5.43. The Balaban J connectivity index is 1.73. The number of rotatable bonds is 6. The highest BCUT2D eigenvalue weighted by molar-refractivity contribution is 7.15. The van der Waals surface area contributed by atoms with Gasteiger partial charge in [0.25, 0.3) is 0 Å². The van der Waals surface area contributed by atoms with E-state index in [4.69, 9.17) is 10.5 Å². The van der Waals surface area contributed by atoms with Crippen LogP contribution in [0, 0.1) is 0 Å². The summed E-state index contributed by atoms with van der Waals surface area (Å²) >= 11 is 1.27. The van der Waals surface area contributed by atoms with Crippen LogP contribution in [0.15, 0.2) is 30.3 Å². The molecule has 0 spiro atoms. The maximum Gasteiger partial charge on any atom is 0.229 e. The Morgan fingerprint density at radius 1 is 1.32 bits per heavy atom. The van der Waals surface area contributed by atoms with Crippen molar-refractivity contribution in [3.8, 4) is 5.75 Å². The van der Waals surface area contributed by atoms with Gasteiger partial charge in [-0.25, -0.2) is 0 Å². The van der Waals surface area contributed by atoms with E-state index in [0.29, 0.717) is 23.3 Å². The number of aromatic nitrogens is 2. The summed E-state index contributed by atoms with van der Waals surface area (Å²) in [7, 11) is 0. The van der Waals surface area contributed by atoms with Crippen molar-refractivity contribution in [2.45, 2.75) is 13.0 Å². The Morgan fingerprint density at radius 3 is 2.79 bits per heavy atom. The highest BCUT2D eigenvalue weighted by Crippen LogP contribution is 2.14. The van der Waals surface area contributed by atoms with Gasteiger partial charge in [0.1, 0.15) is 10.8 Å². The molecule has 2 aromatic rings. The van der Waals surface area contributed by atoms with Crippen LogP contribution in [0.4, 0.5) is 5.13 Å². The lowest BCUT2D eigenvalue weighted by atomic mass is 10.3. The number of para-hydroxylation sites is 1. The molecule has 0 fully saturated rings. The lowest BCUT2D eigenvalue weighted by molar-refractivity contribution is -0.116. The molecular weight excluding hydrogens is 264 g/mol. The molecule has 0 aliphatic rings. The van der Waals surface area contributed by atoms with Crippen LogP contribution < -0.4 is 15.8 Å². The van der Waals surface area contributed by atoms with Gasteiger partial charge in [0.15, 0.2) is 0 Å². The fraction of sp³-hybridized carbons (Fsp3) is 0.250. The number of nitrogens with two attached hydrogens (primary N) is 1. The van der Waals surface area contributed by atoms with Crippen molar-refractivity contribution in [3.05, 3.63) is 35.3 Å². The average Bonchev–Trinajstić information content (AvgIpc) is 2.87. The molecular formula is C12H14N4O2S. The van der Waals surface area contributed by atoms with Crippen molar-refractivity contribution in [2.24, 2.45) is 5.73 Å². The van der Waals surface area contributed by atoms with Gasteiger partial charge in [-0.1, -0.05) is 29.5 Å². The molecule has 0 unspecified atom stereocenters. The number of amides is 1. The molecule has 1 aromatic carbocycles. The van der Waals surface area contributed by atoms with Gasteiger partial charge >= 0.3 is 0 Å². The SMILES string of the molecule is NCc1nnc(NC(=O)CCOc2ccccc2)s1. The van der Waals surface area contributed by atoms with Crippen molar-refractivity contribution < 1.29 is 9.53 Å². The van der Waals surface area contributed by atoms with E-state index in [-0.39, 0.29) is 12.3 Å². The van der Waals surface area contributed by atoms with Gasteiger partial charge in [0.2, 0.25) is 11.0 Å². The highest BCUT2D eigenvalue weighted by atomic mass is 32.1. The summed E-state index contributed by atoms with van der Waals surface area (Å²) in [6.07, 6.45) is 0.256. The van der Waals surface area contributed by atoms with Gasteiger partial charge in [-0.2, -0.15) is 0 Å². The summed E-state index contributed by atoms with van der Waals surface area (Å²) in [5, 5.41) is 11.4. The first-order valence-electron chi connectivity index (χ1n) is 5.78. The van der Waals surface area contributed by atoms with Crippen LogP contribution in [0.1, 0.15) is 11.4 Å². The number of carbonyl (C=O) groups is 1. The fourth-order valence-electron chi connectivity index (χ4n) is 1.35. The van der Waals surface area contributed by atoms with Crippen molar-refractivity contribution in [1.29, 1.82) is 0 Å². The number of ether oxygens (including phenoxy) is 1. The minimum Gasteiger partial charge on any atom is -0.493 e. The van der Waals surface area contributed by atoms with E-state index in [0.717, 1.165) is 5.75 Å². The van der Waals surface area contributed by atoms with Gasteiger partial charge in [-0.05, 0) is 12.1 Å². The highest BCUT2D eigenvalue weighted by Gasteiger charge is 2.07. The van der Waals surface area contributed by atoms with Crippen LogP contribution in [-0.4, -0.2) is 22.7 Å². The first-order valence-corrected chi connectivity index (χ1v) is 6.59. The predicted molar refractivity (Wildman–Crippen MR) is 73.0 cm³/mol. The van der Waals surface area contributed by atoms with E-state index in [2.05, 4.69) is 15.5 Å². The van der Waals surface area contributed by atoms with Crippen LogP contribution in [0.2, 0.25) is 0 Å². The number of hydrogen-bond donors (Lipinski definition) is 2. The molecule has 3 N–H and O–H groups in total. The van der Waals surface area contributed by atoms with Gasteiger partial charge in [-0.15, -0.1) is 10.2 Å². The maximum absolute atomic E-state index is 11.6. The van der Waals surface area contributed by atoms with Gasteiger partial charge < -0.3 is 15.8 Å². The third-order valence-corrected chi connectivity index (χ3v) is 3.09. The Morgan fingerprint density at radius 2 is 2.11 bits per heavy atom. The van der Waals surface area contributed by atoms with Crippen LogP contribution in [0.5, 0.6) is 5.75 Å². The van der Waals surface area contributed by atoms with Crippen LogP contribution in [-0.2, 0) is 11.3 Å². The molecule has 0 saturated heterocycles. The molecule has 0 radical (unpaired) electrons. The van der Waals surface area contributed by atoms with Gasteiger partial charge in [-0.3, -0.25) is 4.79 Å². The molecule has 1 heterocycles. The standard InChI is InChI=1S/C12H14N4O2S/c13-8-11-15-16-12(19-11)14-10(17)6-7-18-9-4-2-1-3-5-9/h1-5H,6-8,13H2,(H,14,16,17). The minimum absolute atomic E-state index is 0.157. The van der Waals surface area contributed by atoms with E-state index in [9.17, 15) is 4.79 Å². The van der Waals surface area contributed by atoms with Crippen molar-refractivity contribution in [1.82, 2.24) is 10.2 Å². The summed E-state index contributed by atoms with van der Waals surface area (Å²) in [6.45, 7) is 0.642. The van der Waals surface area contributed by atoms with Crippen LogP contribution >= 0.6 is 11.3 Å². The minimum atomic E-state index is -0.157. The van der Waals surface area contributed by atoms with E-state index in [1.807, 2.05) is 30.3 Å². The molecule has 1 amide bonds. The zero-order valence-electron chi connectivity index (χ0n) is 10.2. The Kier molecular flexibility index (Phi) is 4.82. The third-order valence-electron chi connectivity index (χ3n) is 2.23. The smallest absolute Gasteiger partial charge is 0.229 e. The third kappa shape index (κ3) is 4.31. The molecule has 100 valence electrons.